The van der Waals surface area contributed by atoms with Gasteiger partial charge in [-0.15, -0.1) is 0 Å². The number of hydrogen-bond donors (Lipinski definition) is 1. The Morgan fingerprint density at radius 3 is 2.65 bits per heavy atom. The van der Waals surface area contributed by atoms with E-state index in [4.69, 9.17) is 0 Å². The van der Waals surface area contributed by atoms with Crippen molar-refractivity contribution >= 4 is 5.69 Å². The maximum absolute atomic E-state index is 14.4. The van der Waals surface area contributed by atoms with Crippen molar-refractivity contribution in [1.82, 2.24) is 5.32 Å². The van der Waals surface area contributed by atoms with E-state index in [-0.39, 0.29) is 5.82 Å². The normalized spacial score (nSPS) is 14.8. The van der Waals surface area contributed by atoms with E-state index < -0.39 is 0 Å². The predicted octanol–water partition coefficient (Wildman–Crippen LogP) is 3.95. The summed E-state index contributed by atoms with van der Waals surface area (Å²) >= 11 is 0. The molecule has 1 N–H and O–H groups in total. The minimum absolute atomic E-state index is 0.0756. The molecular formula is C17H27FN2. The minimum atomic E-state index is -0.0756. The average molecular weight is 278 g/mol. The molecule has 0 spiro atoms. The second-order valence-corrected chi connectivity index (χ2v) is 6.24. The molecule has 1 aliphatic rings. The summed E-state index contributed by atoms with van der Waals surface area (Å²) in [5, 5.41) is 3.31. The van der Waals surface area contributed by atoms with Crippen LogP contribution in [-0.2, 0) is 6.54 Å². The molecule has 0 atom stereocenters. The van der Waals surface area contributed by atoms with Crippen molar-refractivity contribution in [3.8, 4) is 0 Å². The van der Waals surface area contributed by atoms with Gasteiger partial charge in [-0.2, -0.15) is 0 Å². The first kappa shape index (κ1) is 15.3. The van der Waals surface area contributed by atoms with Crippen molar-refractivity contribution in [3.05, 3.63) is 29.6 Å². The quantitative estimate of drug-likeness (QED) is 0.724. The Kier molecular flexibility index (Phi) is 5.41. The Labute approximate surface area is 122 Å². The van der Waals surface area contributed by atoms with Gasteiger partial charge in [0.2, 0.25) is 0 Å². The van der Waals surface area contributed by atoms with Gasteiger partial charge < -0.3 is 10.2 Å². The monoisotopic (exact) mass is 278 g/mol. The number of rotatable bonds is 8. The van der Waals surface area contributed by atoms with Gasteiger partial charge in [0.05, 0.1) is 5.69 Å². The minimum Gasteiger partial charge on any atom is -0.366 e. The summed E-state index contributed by atoms with van der Waals surface area (Å²) in [5.74, 6) is 0.481. The van der Waals surface area contributed by atoms with Crippen LogP contribution >= 0.6 is 0 Å². The largest absolute Gasteiger partial charge is 0.366 e. The lowest BCUT2D eigenvalue weighted by molar-refractivity contribution is 0.575. The van der Waals surface area contributed by atoms with E-state index in [1.54, 1.807) is 6.07 Å². The smallest absolute Gasteiger partial charge is 0.146 e. The van der Waals surface area contributed by atoms with Crippen LogP contribution in [0.15, 0.2) is 18.2 Å². The summed E-state index contributed by atoms with van der Waals surface area (Å²) in [6.07, 6.45) is 3.50. The van der Waals surface area contributed by atoms with E-state index in [0.717, 1.165) is 37.3 Å². The van der Waals surface area contributed by atoms with Crippen LogP contribution in [0, 0.1) is 11.7 Å². The number of nitrogens with one attached hydrogen (secondary N) is 1. The molecule has 0 amide bonds. The molecule has 0 unspecified atom stereocenters. The molecule has 20 heavy (non-hydrogen) atoms. The molecule has 1 aliphatic carbocycles. The molecule has 1 aromatic rings. The average Bonchev–Trinajstić information content (AvgIpc) is 3.21. The van der Waals surface area contributed by atoms with E-state index in [1.807, 2.05) is 6.07 Å². The van der Waals surface area contributed by atoms with Crippen LogP contribution in [0.3, 0.4) is 0 Å². The number of nitrogens with zero attached hydrogens (tertiary/aromatic N) is 1. The lowest BCUT2D eigenvalue weighted by atomic mass is 10.1. The molecular weight excluding hydrogens is 251 g/mol. The first-order valence-electron chi connectivity index (χ1n) is 7.87. The lowest BCUT2D eigenvalue weighted by Gasteiger charge is -2.27. The zero-order valence-electron chi connectivity index (χ0n) is 13.0. The zero-order chi connectivity index (χ0) is 14.5. The summed E-state index contributed by atoms with van der Waals surface area (Å²) < 4.78 is 14.4. The van der Waals surface area contributed by atoms with Crippen molar-refractivity contribution in [1.29, 1.82) is 0 Å². The summed E-state index contributed by atoms with van der Waals surface area (Å²) in [4.78, 5) is 2.25. The summed E-state index contributed by atoms with van der Waals surface area (Å²) in [7, 11) is 0. The van der Waals surface area contributed by atoms with Crippen LogP contribution in [0.2, 0.25) is 0 Å². The molecule has 0 radical (unpaired) electrons. The predicted molar refractivity (Wildman–Crippen MR) is 83.6 cm³/mol. The molecule has 1 saturated carbocycles. The van der Waals surface area contributed by atoms with Crippen LogP contribution in [0.25, 0.3) is 0 Å². The molecule has 0 aromatic heterocycles. The molecule has 3 heteroatoms. The Hall–Kier alpha value is -1.09. The van der Waals surface area contributed by atoms with E-state index in [0.29, 0.717) is 12.0 Å². The van der Waals surface area contributed by atoms with Crippen LogP contribution in [0.5, 0.6) is 0 Å². The fraction of sp³-hybridized carbons (Fsp3) is 0.647. The molecule has 0 heterocycles. The number of halogens is 1. The third-order valence-electron chi connectivity index (χ3n) is 3.63. The zero-order valence-corrected chi connectivity index (χ0v) is 13.0. The molecule has 2 nitrogen and oxygen atoms in total. The second kappa shape index (κ2) is 7.07. The van der Waals surface area contributed by atoms with Gasteiger partial charge in [-0.1, -0.05) is 26.8 Å². The SMILES string of the molecule is CCCNCc1ccc(N(CC(C)C)C2CC2)c(F)c1. The Morgan fingerprint density at radius 2 is 2.10 bits per heavy atom. The van der Waals surface area contributed by atoms with Gasteiger partial charge >= 0.3 is 0 Å². The van der Waals surface area contributed by atoms with Crippen molar-refractivity contribution in [2.75, 3.05) is 18.0 Å². The first-order chi connectivity index (χ1) is 9.61. The fourth-order valence-electron chi connectivity index (χ4n) is 2.53. The number of hydrogen-bond acceptors (Lipinski definition) is 2. The lowest BCUT2D eigenvalue weighted by Crippen LogP contribution is -2.30. The molecule has 1 fully saturated rings. The van der Waals surface area contributed by atoms with Gasteiger partial charge in [0.25, 0.3) is 0 Å². The van der Waals surface area contributed by atoms with E-state index in [2.05, 4.69) is 37.1 Å². The molecule has 112 valence electrons. The van der Waals surface area contributed by atoms with Crippen LogP contribution in [-0.4, -0.2) is 19.1 Å². The Bertz CT molecular complexity index is 427. The fourth-order valence-corrected chi connectivity index (χ4v) is 2.53. The maximum Gasteiger partial charge on any atom is 0.146 e. The highest BCUT2D eigenvalue weighted by atomic mass is 19.1. The number of anilines is 1. The third-order valence-corrected chi connectivity index (χ3v) is 3.63. The standard InChI is InChI=1S/C17H27FN2/c1-4-9-19-11-14-5-8-17(16(18)10-14)20(12-13(2)3)15-6-7-15/h5,8,10,13,15,19H,4,6-7,9,11-12H2,1-3H3. The molecule has 1 aromatic carbocycles. The summed E-state index contributed by atoms with van der Waals surface area (Å²) in [6, 6.07) is 6.25. The van der Waals surface area contributed by atoms with Gasteiger partial charge in [0.1, 0.15) is 5.82 Å². The second-order valence-electron chi connectivity index (χ2n) is 6.24. The van der Waals surface area contributed by atoms with E-state index in [1.165, 1.54) is 12.8 Å². The van der Waals surface area contributed by atoms with Crippen molar-refractivity contribution in [2.24, 2.45) is 5.92 Å². The van der Waals surface area contributed by atoms with Gasteiger partial charge in [-0.05, 0) is 49.4 Å². The Morgan fingerprint density at radius 1 is 1.35 bits per heavy atom. The van der Waals surface area contributed by atoms with Crippen molar-refractivity contribution in [2.45, 2.75) is 52.6 Å². The highest BCUT2D eigenvalue weighted by Gasteiger charge is 2.30. The van der Waals surface area contributed by atoms with Gasteiger partial charge in [-0.25, -0.2) is 4.39 Å². The highest BCUT2D eigenvalue weighted by molar-refractivity contribution is 5.51. The molecule has 2 rings (SSSR count). The Balaban J connectivity index is 2.06. The van der Waals surface area contributed by atoms with Crippen LogP contribution < -0.4 is 10.2 Å². The summed E-state index contributed by atoms with van der Waals surface area (Å²) in [6.45, 7) is 9.18. The maximum atomic E-state index is 14.4. The topological polar surface area (TPSA) is 15.3 Å². The summed E-state index contributed by atoms with van der Waals surface area (Å²) in [5.41, 5.74) is 1.81. The van der Waals surface area contributed by atoms with E-state index in [9.17, 15) is 4.39 Å². The molecule has 0 saturated heterocycles. The molecule has 0 aliphatic heterocycles. The van der Waals surface area contributed by atoms with Crippen LogP contribution in [0.4, 0.5) is 10.1 Å². The number of benzene rings is 1. The van der Waals surface area contributed by atoms with Gasteiger partial charge in [0, 0.05) is 19.1 Å². The van der Waals surface area contributed by atoms with Crippen LogP contribution in [0.1, 0.15) is 45.6 Å². The molecule has 0 bridgehead atoms. The van der Waals surface area contributed by atoms with Gasteiger partial charge in [-0.3, -0.25) is 0 Å². The van der Waals surface area contributed by atoms with Gasteiger partial charge in [0.15, 0.2) is 0 Å². The van der Waals surface area contributed by atoms with Crippen molar-refractivity contribution < 1.29 is 4.39 Å². The highest BCUT2D eigenvalue weighted by Crippen LogP contribution is 2.34. The third kappa shape index (κ3) is 4.20. The van der Waals surface area contributed by atoms with Crippen molar-refractivity contribution in [3.63, 3.8) is 0 Å². The van der Waals surface area contributed by atoms with E-state index >= 15 is 0 Å². The first-order valence-corrected chi connectivity index (χ1v) is 7.87.